The molecular weight excluding hydrogens is 217 g/mol. The summed E-state index contributed by atoms with van der Waals surface area (Å²) >= 11 is 0. The molecule has 0 unspecified atom stereocenters. The van der Waals surface area contributed by atoms with E-state index in [1.165, 1.54) is 5.43 Å². The second-order valence-electron chi connectivity index (χ2n) is 2.48. The summed E-state index contributed by atoms with van der Waals surface area (Å²) in [4.78, 5) is 13.1. The molecule has 0 aromatic rings. The predicted molar refractivity (Wildman–Crippen MR) is 46.4 cm³/mol. The highest BCUT2D eigenvalue weighted by Crippen LogP contribution is 2.24. The maximum atomic E-state index is 11.9. The van der Waals surface area contributed by atoms with Crippen LogP contribution in [-0.2, 0) is 0 Å². The Morgan fingerprint density at radius 2 is 2.20 bits per heavy atom. The molecule has 0 saturated carbocycles. The van der Waals surface area contributed by atoms with Gasteiger partial charge >= 0.3 is 6.18 Å². The maximum absolute atomic E-state index is 11.9. The van der Waals surface area contributed by atoms with Crippen LogP contribution in [0.25, 0.3) is 0 Å². The minimum atomic E-state index is -4.42. The molecule has 0 fully saturated rings. The van der Waals surface area contributed by atoms with E-state index in [0.717, 1.165) is 13.0 Å². The Balaban J connectivity index is 4.23. The molecule has 0 rings (SSSR count). The predicted octanol–water partition coefficient (Wildman–Crippen LogP) is 0.591. The first-order valence-electron chi connectivity index (χ1n) is 3.68. The highest BCUT2D eigenvalue weighted by molar-refractivity contribution is 5.76. The molecule has 0 aromatic carbocycles. The van der Waals surface area contributed by atoms with Crippen LogP contribution in [0.3, 0.4) is 0 Å². The zero-order valence-corrected chi connectivity index (χ0v) is 7.71. The van der Waals surface area contributed by atoms with E-state index < -0.39 is 22.7 Å². The fraction of sp³-hybridized carbons (Fsp3) is 0.500. The Hall–Kier alpha value is -1.80. The van der Waals surface area contributed by atoms with Crippen molar-refractivity contribution in [2.24, 2.45) is 10.7 Å². The fourth-order valence-electron chi connectivity index (χ4n) is 0.526. The summed E-state index contributed by atoms with van der Waals surface area (Å²) in [7, 11) is 0. The van der Waals surface area contributed by atoms with Crippen molar-refractivity contribution < 1.29 is 18.2 Å². The largest absolute Gasteiger partial charge is 0.412 e. The highest BCUT2D eigenvalue weighted by atomic mass is 19.4. The number of guanidine groups is 1. The molecule has 0 aromatic heterocycles. The van der Waals surface area contributed by atoms with Crippen LogP contribution in [0.15, 0.2) is 16.6 Å². The zero-order chi connectivity index (χ0) is 12.1. The molecule has 0 bridgehead atoms. The molecule has 0 saturated heterocycles. The normalized spacial score (nSPS) is 13.9. The number of hydrogen-bond acceptors (Lipinski definition) is 3. The lowest BCUT2D eigenvalue weighted by Crippen LogP contribution is -2.36. The van der Waals surface area contributed by atoms with E-state index in [-0.39, 0.29) is 6.54 Å². The summed E-state index contributed by atoms with van der Waals surface area (Å²) < 4.78 is 35.7. The first-order valence-corrected chi connectivity index (χ1v) is 3.68. The van der Waals surface area contributed by atoms with Gasteiger partial charge in [-0.3, -0.25) is 0 Å². The van der Waals surface area contributed by atoms with Crippen LogP contribution in [0.1, 0.15) is 6.92 Å². The number of nitrogens with two attached hydrogens (primary N) is 1. The SMILES string of the molecule is CC(=CCN=C(N)N[N+](=O)[O-])C(F)(F)F. The maximum Gasteiger partial charge on any atom is 0.412 e. The van der Waals surface area contributed by atoms with E-state index in [1.54, 1.807) is 0 Å². The van der Waals surface area contributed by atoms with Gasteiger partial charge in [-0.2, -0.15) is 13.2 Å². The van der Waals surface area contributed by atoms with E-state index in [2.05, 4.69) is 4.99 Å². The molecule has 0 aliphatic carbocycles. The number of hydrazine groups is 1. The van der Waals surface area contributed by atoms with Crippen molar-refractivity contribution in [3.63, 3.8) is 0 Å². The molecule has 0 spiro atoms. The van der Waals surface area contributed by atoms with E-state index >= 15 is 0 Å². The van der Waals surface area contributed by atoms with E-state index in [1.807, 2.05) is 0 Å². The Morgan fingerprint density at radius 1 is 1.67 bits per heavy atom. The number of halogens is 3. The van der Waals surface area contributed by atoms with Gasteiger partial charge in [0.15, 0.2) is 5.03 Å². The van der Waals surface area contributed by atoms with Crippen LogP contribution in [-0.4, -0.2) is 23.7 Å². The number of alkyl halides is 3. The third-order valence-corrected chi connectivity index (χ3v) is 1.31. The summed E-state index contributed by atoms with van der Waals surface area (Å²) in [5, 5.41) is 8.85. The summed E-state index contributed by atoms with van der Waals surface area (Å²) in [6.07, 6.45) is -3.64. The van der Waals surface area contributed by atoms with Gasteiger partial charge in [-0.25, -0.2) is 15.1 Å². The van der Waals surface area contributed by atoms with Gasteiger partial charge in [-0.15, -0.1) is 0 Å². The molecule has 0 heterocycles. The van der Waals surface area contributed by atoms with Crippen LogP contribution < -0.4 is 11.2 Å². The molecule has 0 aliphatic heterocycles. The minimum Gasteiger partial charge on any atom is -0.365 e. The second-order valence-corrected chi connectivity index (χ2v) is 2.48. The number of hydrogen-bond donors (Lipinski definition) is 2. The fourth-order valence-corrected chi connectivity index (χ4v) is 0.526. The molecule has 3 N–H and O–H groups in total. The minimum absolute atomic E-state index is 0.377. The number of nitrogens with one attached hydrogen (secondary N) is 1. The van der Waals surface area contributed by atoms with Crippen LogP contribution >= 0.6 is 0 Å². The lowest BCUT2D eigenvalue weighted by molar-refractivity contribution is -0.525. The van der Waals surface area contributed by atoms with Crippen LogP contribution in [0.4, 0.5) is 13.2 Å². The molecule has 9 heteroatoms. The molecule has 0 aliphatic rings. The lowest BCUT2D eigenvalue weighted by Gasteiger charge is -2.04. The Bertz CT molecular complexity index is 297. The third-order valence-electron chi connectivity index (χ3n) is 1.31. The van der Waals surface area contributed by atoms with Gasteiger partial charge in [0.1, 0.15) is 0 Å². The number of rotatable bonds is 3. The van der Waals surface area contributed by atoms with Crippen LogP contribution in [0.5, 0.6) is 0 Å². The van der Waals surface area contributed by atoms with Crippen LogP contribution in [0, 0.1) is 10.1 Å². The summed E-state index contributed by atoms with van der Waals surface area (Å²) in [5.41, 5.74) is 5.62. The van der Waals surface area contributed by atoms with Gasteiger partial charge in [0.05, 0.1) is 6.54 Å². The topological polar surface area (TPSA) is 93.5 Å². The average molecular weight is 226 g/mol. The standard InChI is InChI=1S/C6H9F3N4O2/c1-4(6(7,8)9)2-3-11-5(10)12-13(14)15/h2H,3H2,1H3,(H3,10,11,12). The van der Waals surface area contributed by atoms with Gasteiger partial charge in [-0.05, 0) is 6.92 Å². The second kappa shape index (κ2) is 5.17. The molecular formula is C6H9F3N4O2. The van der Waals surface area contributed by atoms with Gasteiger partial charge in [0.25, 0.3) is 5.96 Å². The molecule has 0 radical (unpaired) electrons. The number of nitro groups is 1. The molecule has 15 heavy (non-hydrogen) atoms. The smallest absolute Gasteiger partial charge is 0.365 e. The summed E-state index contributed by atoms with van der Waals surface area (Å²) in [5.74, 6) is -0.550. The zero-order valence-electron chi connectivity index (χ0n) is 7.71. The Morgan fingerprint density at radius 3 is 2.60 bits per heavy atom. The lowest BCUT2D eigenvalue weighted by atomic mass is 10.3. The summed E-state index contributed by atoms with van der Waals surface area (Å²) in [6, 6.07) is 0. The monoisotopic (exact) mass is 226 g/mol. The average Bonchev–Trinajstić information content (AvgIpc) is 2.00. The van der Waals surface area contributed by atoms with Gasteiger partial charge < -0.3 is 5.73 Å². The number of aliphatic imine (C=N–C) groups is 1. The quantitative estimate of drug-likeness (QED) is 0.242. The summed E-state index contributed by atoms with van der Waals surface area (Å²) in [6.45, 7) is 0.491. The Labute approximate surface area is 82.8 Å². The third kappa shape index (κ3) is 6.29. The van der Waals surface area contributed by atoms with Crippen molar-refractivity contribution in [3.8, 4) is 0 Å². The van der Waals surface area contributed by atoms with Gasteiger partial charge in [-0.1, -0.05) is 11.5 Å². The number of allylic oxidation sites excluding steroid dienone is 1. The number of nitrogens with zero attached hydrogens (tertiary/aromatic N) is 2. The van der Waals surface area contributed by atoms with E-state index in [9.17, 15) is 23.3 Å². The Kier molecular flexibility index (Phi) is 4.55. The van der Waals surface area contributed by atoms with Crippen molar-refractivity contribution >= 4 is 5.96 Å². The van der Waals surface area contributed by atoms with E-state index in [0.29, 0.717) is 0 Å². The van der Waals surface area contributed by atoms with Gasteiger partial charge in [0.2, 0.25) is 0 Å². The molecule has 6 nitrogen and oxygen atoms in total. The molecule has 0 atom stereocenters. The molecule has 0 amide bonds. The van der Waals surface area contributed by atoms with Gasteiger partial charge in [0, 0.05) is 5.57 Å². The highest BCUT2D eigenvalue weighted by Gasteiger charge is 2.29. The molecule has 86 valence electrons. The first kappa shape index (κ1) is 13.2. The van der Waals surface area contributed by atoms with Crippen LogP contribution in [0.2, 0.25) is 0 Å². The first-order chi connectivity index (χ1) is 6.73. The van der Waals surface area contributed by atoms with Crippen molar-refractivity contribution in [2.45, 2.75) is 13.1 Å². The van der Waals surface area contributed by atoms with Crippen molar-refractivity contribution in [2.75, 3.05) is 6.54 Å². The van der Waals surface area contributed by atoms with Crippen molar-refractivity contribution in [1.82, 2.24) is 5.43 Å². The van der Waals surface area contributed by atoms with Crippen molar-refractivity contribution in [1.29, 1.82) is 0 Å². The van der Waals surface area contributed by atoms with E-state index in [4.69, 9.17) is 5.73 Å². The van der Waals surface area contributed by atoms with Crippen molar-refractivity contribution in [3.05, 3.63) is 21.8 Å².